The van der Waals surface area contributed by atoms with Crippen molar-refractivity contribution in [1.82, 2.24) is 14.4 Å². The van der Waals surface area contributed by atoms with Crippen molar-refractivity contribution in [3.05, 3.63) is 54.5 Å². The number of hydrogen-bond donors (Lipinski definition) is 1. The third-order valence-corrected chi connectivity index (χ3v) is 2.71. The van der Waals surface area contributed by atoms with Gasteiger partial charge in [-0.2, -0.15) is 0 Å². The summed E-state index contributed by atoms with van der Waals surface area (Å²) in [6.07, 6.45) is 5.70. The fourth-order valence-corrected chi connectivity index (χ4v) is 1.87. The first-order chi connectivity index (χ1) is 8.38. The summed E-state index contributed by atoms with van der Waals surface area (Å²) in [6.45, 7) is 0.489. The standard InChI is InChI=1S/C13H12N4/c14-8-10-4-3-7-17-9-12(16-13(10)17)11-5-1-2-6-15-11/h1-7,9H,8,14H2. The lowest BCUT2D eigenvalue weighted by atomic mass is 10.3. The number of imidazole rings is 1. The van der Waals surface area contributed by atoms with Crippen LogP contribution in [0.1, 0.15) is 5.56 Å². The van der Waals surface area contributed by atoms with Crippen molar-refractivity contribution in [3.8, 4) is 11.4 Å². The van der Waals surface area contributed by atoms with Gasteiger partial charge in [0.1, 0.15) is 11.3 Å². The Labute approximate surface area is 98.8 Å². The molecule has 0 fully saturated rings. The van der Waals surface area contributed by atoms with Crippen molar-refractivity contribution in [3.63, 3.8) is 0 Å². The molecule has 4 heteroatoms. The molecule has 2 N–H and O–H groups in total. The van der Waals surface area contributed by atoms with Crippen LogP contribution in [0.5, 0.6) is 0 Å². The zero-order valence-corrected chi connectivity index (χ0v) is 9.24. The molecular weight excluding hydrogens is 212 g/mol. The van der Waals surface area contributed by atoms with Gasteiger partial charge in [0.05, 0.1) is 5.69 Å². The van der Waals surface area contributed by atoms with Crippen LogP contribution in [0, 0.1) is 0 Å². The minimum atomic E-state index is 0.489. The molecule has 0 saturated heterocycles. The number of rotatable bonds is 2. The number of nitrogens with two attached hydrogens (primary N) is 1. The van der Waals surface area contributed by atoms with E-state index in [2.05, 4.69) is 9.97 Å². The fraction of sp³-hybridized carbons (Fsp3) is 0.0769. The van der Waals surface area contributed by atoms with Gasteiger partial charge < -0.3 is 10.1 Å². The van der Waals surface area contributed by atoms with E-state index in [-0.39, 0.29) is 0 Å². The Morgan fingerprint density at radius 2 is 2.06 bits per heavy atom. The van der Waals surface area contributed by atoms with Crippen LogP contribution in [0.2, 0.25) is 0 Å². The summed E-state index contributed by atoms with van der Waals surface area (Å²) in [6, 6.07) is 9.76. The van der Waals surface area contributed by atoms with Gasteiger partial charge in [-0.1, -0.05) is 12.1 Å². The van der Waals surface area contributed by atoms with E-state index in [1.807, 2.05) is 47.1 Å². The van der Waals surface area contributed by atoms with Crippen LogP contribution in [-0.4, -0.2) is 14.4 Å². The molecule has 3 rings (SSSR count). The molecule has 0 aliphatic heterocycles. The second kappa shape index (κ2) is 3.99. The molecule has 0 atom stereocenters. The molecule has 3 aromatic heterocycles. The molecule has 4 nitrogen and oxygen atoms in total. The highest BCUT2D eigenvalue weighted by molar-refractivity contribution is 5.60. The Morgan fingerprint density at radius 1 is 1.12 bits per heavy atom. The summed E-state index contributed by atoms with van der Waals surface area (Å²) in [5.41, 5.74) is 9.37. The maximum absolute atomic E-state index is 5.69. The Morgan fingerprint density at radius 3 is 2.82 bits per heavy atom. The van der Waals surface area contributed by atoms with Gasteiger partial charge in [0.25, 0.3) is 0 Å². The zero-order chi connectivity index (χ0) is 11.7. The molecular formula is C13H12N4. The second-order valence-corrected chi connectivity index (χ2v) is 3.81. The lowest BCUT2D eigenvalue weighted by Gasteiger charge is -1.97. The van der Waals surface area contributed by atoms with Gasteiger partial charge in [0.15, 0.2) is 0 Å². The van der Waals surface area contributed by atoms with Crippen LogP contribution < -0.4 is 5.73 Å². The number of hydrogen-bond acceptors (Lipinski definition) is 3. The number of fused-ring (bicyclic) bond motifs is 1. The van der Waals surface area contributed by atoms with Crippen molar-refractivity contribution in [2.45, 2.75) is 6.54 Å². The van der Waals surface area contributed by atoms with E-state index in [1.165, 1.54) is 0 Å². The molecule has 3 heterocycles. The largest absolute Gasteiger partial charge is 0.326 e. The number of aromatic nitrogens is 3. The highest BCUT2D eigenvalue weighted by Crippen LogP contribution is 2.18. The van der Waals surface area contributed by atoms with E-state index in [9.17, 15) is 0 Å². The lowest BCUT2D eigenvalue weighted by molar-refractivity contribution is 1.04. The van der Waals surface area contributed by atoms with Gasteiger partial charge in [0.2, 0.25) is 0 Å². The summed E-state index contributed by atoms with van der Waals surface area (Å²) in [7, 11) is 0. The molecule has 3 aromatic rings. The third-order valence-electron chi connectivity index (χ3n) is 2.71. The van der Waals surface area contributed by atoms with E-state index in [1.54, 1.807) is 6.20 Å². The maximum atomic E-state index is 5.69. The summed E-state index contributed by atoms with van der Waals surface area (Å²) < 4.78 is 1.98. The van der Waals surface area contributed by atoms with Crippen LogP contribution in [0.3, 0.4) is 0 Å². The number of pyridine rings is 2. The molecule has 0 aromatic carbocycles. The predicted octanol–water partition coefficient (Wildman–Crippen LogP) is 1.85. The van der Waals surface area contributed by atoms with Crippen molar-refractivity contribution in [2.75, 3.05) is 0 Å². The Hall–Kier alpha value is -2.20. The zero-order valence-electron chi connectivity index (χ0n) is 9.24. The maximum Gasteiger partial charge on any atom is 0.142 e. The monoisotopic (exact) mass is 224 g/mol. The fourth-order valence-electron chi connectivity index (χ4n) is 1.87. The molecule has 0 spiro atoms. The van der Waals surface area contributed by atoms with Crippen molar-refractivity contribution < 1.29 is 0 Å². The third kappa shape index (κ3) is 1.68. The molecule has 0 aliphatic carbocycles. The quantitative estimate of drug-likeness (QED) is 0.722. The van der Waals surface area contributed by atoms with E-state index in [0.29, 0.717) is 6.54 Å². The van der Waals surface area contributed by atoms with Crippen LogP contribution in [-0.2, 0) is 6.54 Å². The normalized spacial score (nSPS) is 10.9. The molecule has 0 saturated carbocycles. The second-order valence-electron chi connectivity index (χ2n) is 3.81. The molecule has 0 bridgehead atoms. The van der Waals surface area contributed by atoms with Gasteiger partial charge in [-0.15, -0.1) is 0 Å². The smallest absolute Gasteiger partial charge is 0.142 e. The van der Waals surface area contributed by atoms with Gasteiger partial charge in [-0.25, -0.2) is 4.98 Å². The first-order valence-corrected chi connectivity index (χ1v) is 5.46. The molecule has 0 aliphatic rings. The average Bonchev–Trinajstić information content (AvgIpc) is 2.83. The average molecular weight is 224 g/mol. The molecule has 84 valence electrons. The summed E-state index contributed by atoms with van der Waals surface area (Å²) in [5.74, 6) is 0. The van der Waals surface area contributed by atoms with E-state index < -0.39 is 0 Å². The minimum absolute atomic E-state index is 0.489. The SMILES string of the molecule is NCc1cccn2cc(-c3ccccn3)nc12. The van der Waals surface area contributed by atoms with Gasteiger partial charge in [-0.05, 0) is 18.2 Å². The molecule has 0 radical (unpaired) electrons. The minimum Gasteiger partial charge on any atom is -0.326 e. The Balaban J connectivity index is 2.20. The van der Waals surface area contributed by atoms with Crippen LogP contribution >= 0.6 is 0 Å². The van der Waals surface area contributed by atoms with Crippen LogP contribution in [0.25, 0.3) is 17.0 Å². The van der Waals surface area contributed by atoms with E-state index in [4.69, 9.17) is 5.73 Å². The van der Waals surface area contributed by atoms with Crippen LogP contribution in [0.4, 0.5) is 0 Å². The molecule has 0 amide bonds. The van der Waals surface area contributed by atoms with E-state index in [0.717, 1.165) is 22.6 Å². The Bertz CT molecular complexity index is 643. The molecule has 0 unspecified atom stereocenters. The number of nitrogens with zero attached hydrogens (tertiary/aromatic N) is 3. The van der Waals surface area contributed by atoms with E-state index >= 15 is 0 Å². The van der Waals surface area contributed by atoms with Gasteiger partial charge in [-0.3, -0.25) is 4.98 Å². The van der Waals surface area contributed by atoms with Crippen molar-refractivity contribution in [1.29, 1.82) is 0 Å². The topological polar surface area (TPSA) is 56.2 Å². The lowest BCUT2D eigenvalue weighted by Crippen LogP contribution is -1.99. The highest BCUT2D eigenvalue weighted by atomic mass is 15.0. The van der Waals surface area contributed by atoms with Gasteiger partial charge in [0, 0.05) is 30.7 Å². The Kier molecular flexibility index (Phi) is 2.34. The highest BCUT2D eigenvalue weighted by Gasteiger charge is 2.07. The van der Waals surface area contributed by atoms with Crippen molar-refractivity contribution in [2.24, 2.45) is 5.73 Å². The van der Waals surface area contributed by atoms with Gasteiger partial charge >= 0.3 is 0 Å². The van der Waals surface area contributed by atoms with Crippen LogP contribution in [0.15, 0.2) is 48.9 Å². The first kappa shape index (κ1) is 9.99. The summed E-state index contributed by atoms with van der Waals surface area (Å²) in [5, 5.41) is 0. The first-order valence-electron chi connectivity index (χ1n) is 5.46. The molecule has 17 heavy (non-hydrogen) atoms. The summed E-state index contributed by atoms with van der Waals surface area (Å²) >= 11 is 0. The summed E-state index contributed by atoms with van der Waals surface area (Å²) in [4.78, 5) is 8.87. The predicted molar refractivity (Wildman–Crippen MR) is 66.3 cm³/mol. The van der Waals surface area contributed by atoms with Crippen molar-refractivity contribution >= 4 is 5.65 Å².